The van der Waals surface area contributed by atoms with E-state index in [0.29, 0.717) is 25.0 Å². The van der Waals surface area contributed by atoms with E-state index in [9.17, 15) is 4.79 Å². The molecule has 154 valence electrons. The molecule has 1 aliphatic carbocycles. The zero-order valence-electron chi connectivity index (χ0n) is 17.0. The summed E-state index contributed by atoms with van der Waals surface area (Å²) in [5.74, 6) is 0.300. The van der Waals surface area contributed by atoms with E-state index in [0.717, 1.165) is 25.9 Å². The van der Waals surface area contributed by atoms with Crippen LogP contribution >= 0.6 is 0 Å². The van der Waals surface area contributed by atoms with Crippen molar-refractivity contribution in [3.05, 3.63) is 35.4 Å². The number of hydrogen-bond acceptors (Lipinski definition) is 4. The minimum Gasteiger partial charge on any atom is -0.396 e. The molecule has 0 bridgehead atoms. The Labute approximate surface area is 169 Å². The highest BCUT2D eigenvalue weighted by Gasteiger charge is 2.34. The fourth-order valence-corrected chi connectivity index (χ4v) is 5.40. The van der Waals surface area contributed by atoms with Crippen molar-refractivity contribution in [1.29, 1.82) is 0 Å². The lowest BCUT2D eigenvalue weighted by Crippen LogP contribution is -2.52. The van der Waals surface area contributed by atoms with Crippen LogP contribution in [0.5, 0.6) is 0 Å². The zero-order chi connectivity index (χ0) is 19.3. The van der Waals surface area contributed by atoms with Crippen molar-refractivity contribution in [3.63, 3.8) is 0 Å². The smallest absolute Gasteiger partial charge is 0.224 e. The van der Waals surface area contributed by atoms with Gasteiger partial charge in [-0.1, -0.05) is 24.3 Å². The summed E-state index contributed by atoms with van der Waals surface area (Å²) in [6.45, 7) is 5.15. The van der Waals surface area contributed by atoms with Crippen LogP contribution in [0.25, 0.3) is 0 Å². The van der Waals surface area contributed by atoms with Crippen molar-refractivity contribution in [3.8, 4) is 0 Å². The third-order valence-electron chi connectivity index (χ3n) is 7.02. The molecule has 4 rings (SSSR count). The molecule has 0 saturated carbocycles. The van der Waals surface area contributed by atoms with Gasteiger partial charge in [0.05, 0.1) is 5.92 Å². The number of piperidine rings is 2. The molecule has 1 atom stereocenters. The second-order valence-electron chi connectivity index (χ2n) is 8.80. The van der Waals surface area contributed by atoms with Crippen LogP contribution < -0.4 is 5.32 Å². The van der Waals surface area contributed by atoms with Crippen molar-refractivity contribution in [2.75, 3.05) is 39.3 Å². The molecule has 1 amide bonds. The number of fused-ring (bicyclic) bond motifs is 1. The molecule has 2 fully saturated rings. The molecule has 0 radical (unpaired) electrons. The summed E-state index contributed by atoms with van der Waals surface area (Å²) in [4.78, 5) is 17.7. The second-order valence-corrected chi connectivity index (χ2v) is 8.80. The number of aliphatic hydroxyl groups excluding tert-OH is 1. The number of carbonyl (C=O) groups is 1. The highest BCUT2D eigenvalue weighted by atomic mass is 16.3. The number of amides is 1. The fourth-order valence-electron chi connectivity index (χ4n) is 5.40. The maximum Gasteiger partial charge on any atom is 0.224 e. The summed E-state index contributed by atoms with van der Waals surface area (Å²) in [6, 6.07) is 10.2. The number of hydrogen-bond donors (Lipinski definition) is 2. The van der Waals surface area contributed by atoms with E-state index in [1.807, 2.05) is 0 Å². The molecule has 2 heterocycles. The summed E-state index contributed by atoms with van der Waals surface area (Å²) in [5, 5.41) is 11.9. The van der Waals surface area contributed by atoms with Crippen LogP contribution in [0.3, 0.4) is 0 Å². The van der Waals surface area contributed by atoms with Crippen LogP contribution in [0.1, 0.15) is 43.2 Å². The van der Waals surface area contributed by atoms with Gasteiger partial charge >= 0.3 is 0 Å². The third kappa shape index (κ3) is 4.58. The van der Waals surface area contributed by atoms with Gasteiger partial charge in [-0.25, -0.2) is 0 Å². The highest BCUT2D eigenvalue weighted by molar-refractivity contribution is 5.78. The first-order chi connectivity index (χ1) is 13.7. The molecule has 0 spiro atoms. The van der Waals surface area contributed by atoms with Crippen LogP contribution in [0, 0.1) is 5.92 Å². The molecule has 1 aromatic rings. The summed E-state index contributed by atoms with van der Waals surface area (Å²) in [6.07, 6.45) is 7.64. The molecule has 3 aliphatic rings. The Balaban J connectivity index is 1.24. The molecule has 0 unspecified atom stereocenters. The van der Waals surface area contributed by atoms with E-state index in [1.165, 1.54) is 38.8 Å². The van der Waals surface area contributed by atoms with Crippen molar-refractivity contribution in [2.24, 2.45) is 5.92 Å². The van der Waals surface area contributed by atoms with Crippen molar-refractivity contribution in [2.45, 2.75) is 57.0 Å². The van der Waals surface area contributed by atoms with E-state index >= 15 is 0 Å². The minimum atomic E-state index is 0.120. The Bertz CT molecular complexity index is 632. The Hall–Kier alpha value is -1.43. The van der Waals surface area contributed by atoms with Crippen LogP contribution in [0.2, 0.25) is 0 Å². The SMILES string of the molecule is O=C(NCCCO)[C@@H]1CCCN(C2CCN(C3Cc4ccccc4C3)CC2)C1. The lowest BCUT2D eigenvalue weighted by atomic mass is 9.92. The third-order valence-corrected chi connectivity index (χ3v) is 7.02. The predicted molar refractivity (Wildman–Crippen MR) is 111 cm³/mol. The van der Waals surface area contributed by atoms with Gasteiger partial charge in [0.2, 0.25) is 5.91 Å². The van der Waals surface area contributed by atoms with Gasteiger partial charge in [0.15, 0.2) is 0 Å². The number of likely N-dealkylation sites (tertiary alicyclic amines) is 2. The quantitative estimate of drug-likeness (QED) is 0.734. The summed E-state index contributed by atoms with van der Waals surface area (Å²) in [7, 11) is 0. The Kier molecular flexibility index (Phi) is 6.65. The van der Waals surface area contributed by atoms with Gasteiger partial charge in [0.25, 0.3) is 0 Å². The molecule has 2 saturated heterocycles. The Morgan fingerprint density at radius 2 is 1.71 bits per heavy atom. The molecule has 2 N–H and O–H groups in total. The monoisotopic (exact) mass is 385 g/mol. The van der Waals surface area contributed by atoms with Gasteiger partial charge in [0.1, 0.15) is 0 Å². The number of nitrogens with zero attached hydrogens (tertiary/aromatic N) is 2. The normalized spacial score (nSPS) is 25.0. The average Bonchev–Trinajstić information content (AvgIpc) is 3.18. The van der Waals surface area contributed by atoms with E-state index < -0.39 is 0 Å². The number of rotatable bonds is 6. The van der Waals surface area contributed by atoms with Crippen LogP contribution in [0.4, 0.5) is 0 Å². The largest absolute Gasteiger partial charge is 0.396 e. The summed E-state index contributed by atoms with van der Waals surface area (Å²) in [5.41, 5.74) is 3.08. The summed E-state index contributed by atoms with van der Waals surface area (Å²) < 4.78 is 0. The molecular formula is C23H35N3O2. The van der Waals surface area contributed by atoms with Crippen LogP contribution in [-0.4, -0.2) is 72.2 Å². The molecule has 28 heavy (non-hydrogen) atoms. The first kappa shape index (κ1) is 19.9. The molecule has 5 nitrogen and oxygen atoms in total. The zero-order valence-corrected chi connectivity index (χ0v) is 17.0. The van der Waals surface area contributed by atoms with E-state index in [1.54, 1.807) is 11.1 Å². The first-order valence-electron chi connectivity index (χ1n) is 11.2. The lowest BCUT2D eigenvalue weighted by Gasteiger charge is -2.43. The summed E-state index contributed by atoms with van der Waals surface area (Å²) >= 11 is 0. The molecule has 5 heteroatoms. The van der Waals surface area contributed by atoms with Crippen LogP contribution in [-0.2, 0) is 17.6 Å². The lowest BCUT2D eigenvalue weighted by molar-refractivity contribution is -0.127. The molecule has 1 aromatic carbocycles. The maximum absolute atomic E-state index is 12.4. The van der Waals surface area contributed by atoms with Gasteiger partial charge in [-0.15, -0.1) is 0 Å². The highest BCUT2D eigenvalue weighted by Crippen LogP contribution is 2.29. The molecule has 0 aromatic heterocycles. The number of nitrogens with one attached hydrogen (secondary N) is 1. The minimum absolute atomic E-state index is 0.120. The van der Waals surface area contributed by atoms with Gasteiger partial charge in [0, 0.05) is 31.8 Å². The molecular weight excluding hydrogens is 350 g/mol. The average molecular weight is 386 g/mol. The molecule has 2 aliphatic heterocycles. The van der Waals surface area contributed by atoms with Crippen LogP contribution in [0.15, 0.2) is 24.3 Å². The van der Waals surface area contributed by atoms with E-state index in [2.05, 4.69) is 39.4 Å². The topological polar surface area (TPSA) is 55.8 Å². The standard InChI is InChI=1S/C23H35N3O2/c27-14-4-10-24-23(28)20-7-3-11-26(17-20)21-8-12-25(13-9-21)22-15-18-5-1-2-6-19(18)16-22/h1-2,5-6,20-22,27H,3-4,7-17H2,(H,24,28)/t20-/m1/s1. The van der Waals surface area contributed by atoms with Gasteiger partial charge in [-0.05, 0) is 75.7 Å². The van der Waals surface area contributed by atoms with E-state index in [4.69, 9.17) is 5.11 Å². The number of carbonyl (C=O) groups excluding carboxylic acids is 1. The van der Waals surface area contributed by atoms with Gasteiger partial charge < -0.3 is 10.4 Å². The Morgan fingerprint density at radius 1 is 1.00 bits per heavy atom. The fraction of sp³-hybridized carbons (Fsp3) is 0.696. The van der Waals surface area contributed by atoms with Gasteiger partial charge in [-0.2, -0.15) is 0 Å². The number of benzene rings is 1. The van der Waals surface area contributed by atoms with Crippen molar-refractivity contribution in [1.82, 2.24) is 15.1 Å². The maximum atomic E-state index is 12.4. The van der Waals surface area contributed by atoms with Crippen molar-refractivity contribution < 1.29 is 9.90 Å². The first-order valence-corrected chi connectivity index (χ1v) is 11.2. The Morgan fingerprint density at radius 3 is 2.39 bits per heavy atom. The van der Waals surface area contributed by atoms with E-state index in [-0.39, 0.29) is 18.4 Å². The predicted octanol–water partition coefficient (Wildman–Crippen LogP) is 1.83. The second kappa shape index (κ2) is 9.38. The van der Waals surface area contributed by atoms with Crippen molar-refractivity contribution >= 4 is 5.91 Å². The van der Waals surface area contributed by atoms with Gasteiger partial charge in [-0.3, -0.25) is 14.6 Å². The number of aliphatic hydroxyl groups is 1.